The highest BCUT2D eigenvalue weighted by Crippen LogP contribution is 2.23. The van der Waals surface area contributed by atoms with E-state index in [9.17, 15) is 14.7 Å². The summed E-state index contributed by atoms with van der Waals surface area (Å²) in [5.41, 5.74) is 5.00. The number of oxazole rings is 1. The van der Waals surface area contributed by atoms with Gasteiger partial charge in [0.15, 0.2) is 0 Å². The zero-order chi connectivity index (χ0) is 29.2. The van der Waals surface area contributed by atoms with Gasteiger partial charge < -0.3 is 19.0 Å². The van der Waals surface area contributed by atoms with Gasteiger partial charge in [0.1, 0.15) is 23.8 Å². The molecule has 212 valence electrons. The van der Waals surface area contributed by atoms with E-state index in [2.05, 4.69) is 13.0 Å². The number of carbonyl (C=O) groups is 2. The zero-order valence-electron chi connectivity index (χ0n) is 23.5. The summed E-state index contributed by atoms with van der Waals surface area (Å²) in [6.45, 7) is 3.66. The number of benzene rings is 3. The van der Waals surface area contributed by atoms with E-state index in [1.807, 2.05) is 61.5 Å². The molecule has 0 aliphatic rings. The van der Waals surface area contributed by atoms with Crippen LogP contribution in [0.5, 0.6) is 11.5 Å². The van der Waals surface area contributed by atoms with Crippen LogP contribution in [0.2, 0.25) is 0 Å². The number of carboxylic acid groups (broad SMARTS) is 1. The van der Waals surface area contributed by atoms with Crippen molar-refractivity contribution in [1.82, 2.24) is 9.88 Å². The molecule has 0 atom stereocenters. The van der Waals surface area contributed by atoms with Gasteiger partial charge >= 0.3 is 12.1 Å². The van der Waals surface area contributed by atoms with Gasteiger partial charge in [-0.25, -0.2) is 9.78 Å². The third-order valence-electron chi connectivity index (χ3n) is 6.50. The highest BCUT2D eigenvalue weighted by molar-refractivity contribution is 5.78. The molecule has 1 amide bonds. The number of ether oxygens (including phenoxy) is 2. The number of hydrogen-bond donors (Lipinski definition) is 1. The minimum absolute atomic E-state index is 0.110. The van der Waals surface area contributed by atoms with Crippen molar-refractivity contribution in [2.24, 2.45) is 0 Å². The number of amides is 1. The van der Waals surface area contributed by atoms with Crippen LogP contribution in [0.3, 0.4) is 0 Å². The van der Waals surface area contributed by atoms with Gasteiger partial charge in [-0.2, -0.15) is 0 Å². The van der Waals surface area contributed by atoms with Crippen molar-refractivity contribution in [3.05, 3.63) is 113 Å². The number of carboxylic acids is 1. The Morgan fingerprint density at radius 1 is 0.976 bits per heavy atom. The molecule has 0 unspecified atom stereocenters. The molecule has 41 heavy (non-hydrogen) atoms. The molecule has 0 saturated heterocycles. The Morgan fingerprint density at radius 3 is 2.39 bits per heavy atom. The maximum absolute atomic E-state index is 12.8. The first kappa shape index (κ1) is 29.1. The second-order valence-electron chi connectivity index (χ2n) is 9.77. The monoisotopic (exact) mass is 554 g/mol. The lowest BCUT2D eigenvalue weighted by atomic mass is 10.0. The molecule has 0 radical (unpaired) electrons. The normalized spacial score (nSPS) is 11.2. The van der Waals surface area contributed by atoms with Crippen LogP contribution in [0.1, 0.15) is 35.9 Å². The summed E-state index contributed by atoms with van der Waals surface area (Å²) in [7, 11) is 1.54. The highest BCUT2D eigenvalue weighted by Gasteiger charge is 2.20. The lowest BCUT2D eigenvalue weighted by molar-refractivity contribution is -0.138. The molecule has 4 rings (SSSR count). The van der Waals surface area contributed by atoms with E-state index < -0.39 is 18.6 Å². The fraction of sp³-hybridized carbons (Fsp3) is 0.242. The summed E-state index contributed by atoms with van der Waals surface area (Å²) in [4.78, 5) is 30.1. The number of rotatable bonds is 12. The van der Waals surface area contributed by atoms with Gasteiger partial charge in [0.05, 0.1) is 12.8 Å². The van der Waals surface area contributed by atoms with Gasteiger partial charge in [0.2, 0.25) is 5.89 Å². The number of aromatic nitrogens is 1. The average Bonchev–Trinajstić information content (AvgIpc) is 3.33. The number of aliphatic carboxylic acids is 1. The van der Waals surface area contributed by atoms with Crippen LogP contribution >= 0.6 is 0 Å². The molecule has 1 heterocycles. The second kappa shape index (κ2) is 14.0. The molecule has 4 aromatic rings. The third-order valence-corrected chi connectivity index (χ3v) is 6.50. The molecule has 8 nitrogen and oxygen atoms in total. The summed E-state index contributed by atoms with van der Waals surface area (Å²) in [5, 5.41) is 9.37. The van der Waals surface area contributed by atoms with Crippen LogP contribution in [-0.2, 0) is 24.2 Å². The van der Waals surface area contributed by atoms with Crippen molar-refractivity contribution in [3.63, 3.8) is 0 Å². The maximum atomic E-state index is 12.8. The van der Waals surface area contributed by atoms with E-state index in [0.717, 1.165) is 41.0 Å². The zero-order valence-corrected chi connectivity index (χ0v) is 23.5. The van der Waals surface area contributed by atoms with Crippen LogP contribution in [0.15, 0.2) is 94.9 Å². The number of aryl methyl sites for hydroxylation is 2. The van der Waals surface area contributed by atoms with E-state index in [1.165, 1.54) is 10.5 Å². The molecule has 0 spiro atoms. The van der Waals surface area contributed by atoms with E-state index in [1.54, 1.807) is 31.4 Å². The van der Waals surface area contributed by atoms with Gasteiger partial charge in [0.25, 0.3) is 0 Å². The Kier molecular flexibility index (Phi) is 9.94. The first-order valence-corrected chi connectivity index (χ1v) is 13.4. The molecular weight excluding hydrogens is 520 g/mol. The first-order chi connectivity index (χ1) is 19.8. The fourth-order valence-corrected chi connectivity index (χ4v) is 4.38. The van der Waals surface area contributed by atoms with E-state index in [4.69, 9.17) is 18.9 Å². The van der Waals surface area contributed by atoms with Gasteiger partial charge in [-0.1, -0.05) is 54.1 Å². The molecule has 0 saturated carbocycles. The lowest BCUT2D eigenvalue weighted by Crippen LogP contribution is -2.37. The maximum Gasteiger partial charge on any atom is 0.416 e. The van der Waals surface area contributed by atoms with Crippen molar-refractivity contribution >= 4 is 12.1 Å². The van der Waals surface area contributed by atoms with Crippen LogP contribution in [0.4, 0.5) is 4.79 Å². The lowest BCUT2D eigenvalue weighted by Gasteiger charge is -2.20. The fourth-order valence-electron chi connectivity index (χ4n) is 4.38. The van der Waals surface area contributed by atoms with Crippen LogP contribution in [-0.4, -0.2) is 40.7 Å². The Balaban J connectivity index is 1.35. The van der Waals surface area contributed by atoms with Crippen molar-refractivity contribution in [2.45, 2.75) is 39.7 Å². The predicted molar refractivity (Wildman–Crippen MR) is 156 cm³/mol. The van der Waals surface area contributed by atoms with Gasteiger partial charge in [0, 0.05) is 18.5 Å². The molecule has 1 aromatic heterocycles. The van der Waals surface area contributed by atoms with E-state index >= 15 is 0 Å². The Labute approximate surface area is 239 Å². The number of nitrogens with zero attached hydrogens (tertiary/aromatic N) is 2. The topological polar surface area (TPSA) is 102 Å². The molecule has 0 bridgehead atoms. The number of hydrogen-bond acceptors (Lipinski definition) is 6. The van der Waals surface area contributed by atoms with Gasteiger partial charge in [-0.3, -0.25) is 9.69 Å². The van der Waals surface area contributed by atoms with Gasteiger partial charge in [-0.15, -0.1) is 0 Å². The standard InChI is InChI=1S/C33H34N2O6/c1-23(19-30-24(2)40-32(34-30)27-13-5-4-6-14-27)9-7-10-25-11-8-12-26(20-25)21-35(22-31(36)37)33(38)41-29-17-15-28(39-3)16-18-29/h4-6,8-9,11-18,20H,7,10,19,21-22H2,1-3H3,(H,36,37)/b23-9+. The molecule has 0 aliphatic heterocycles. The minimum Gasteiger partial charge on any atom is -0.497 e. The van der Waals surface area contributed by atoms with Gasteiger partial charge in [-0.05, 0) is 74.2 Å². The molecule has 3 aromatic carbocycles. The third kappa shape index (κ3) is 8.57. The van der Waals surface area contributed by atoms with Crippen molar-refractivity contribution in [2.75, 3.05) is 13.7 Å². The van der Waals surface area contributed by atoms with E-state index in [0.29, 0.717) is 23.8 Å². The smallest absolute Gasteiger partial charge is 0.416 e. The largest absolute Gasteiger partial charge is 0.497 e. The molecule has 0 fully saturated rings. The van der Waals surface area contributed by atoms with Crippen molar-refractivity contribution in [3.8, 4) is 23.0 Å². The molecule has 1 N–H and O–H groups in total. The van der Waals surface area contributed by atoms with E-state index in [-0.39, 0.29) is 6.54 Å². The molecule has 8 heteroatoms. The van der Waals surface area contributed by atoms with Crippen LogP contribution in [0.25, 0.3) is 11.5 Å². The number of carbonyl (C=O) groups excluding carboxylic acids is 1. The Bertz CT molecular complexity index is 1490. The van der Waals surface area contributed by atoms with Crippen LogP contribution in [0, 0.1) is 6.92 Å². The highest BCUT2D eigenvalue weighted by atomic mass is 16.6. The van der Waals surface area contributed by atoms with Crippen LogP contribution < -0.4 is 9.47 Å². The first-order valence-electron chi connectivity index (χ1n) is 13.4. The summed E-state index contributed by atoms with van der Waals surface area (Å²) in [6, 6.07) is 24.2. The summed E-state index contributed by atoms with van der Waals surface area (Å²) >= 11 is 0. The minimum atomic E-state index is -1.12. The molecular formula is C33H34N2O6. The molecule has 0 aliphatic carbocycles. The second-order valence-corrected chi connectivity index (χ2v) is 9.77. The predicted octanol–water partition coefficient (Wildman–Crippen LogP) is 6.87. The SMILES string of the molecule is COc1ccc(OC(=O)N(CC(=O)O)Cc2cccc(CC/C=C(\C)Cc3nc(-c4ccccc4)oc3C)c2)cc1. The quantitative estimate of drug-likeness (QED) is 0.191. The number of methoxy groups -OCH3 is 1. The Morgan fingerprint density at radius 2 is 1.68 bits per heavy atom. The summed E-state index contributed by atoms with van der Waals surface area (Å²) in [6.07, 6.45) is 3.80. The number of allylic oxidation sites excluding steroid dienone is 2. The Hall–Kier alpha value is -4.85. The van der Waals surface area contributed by atoms with Crippen molar-refractivity contribution in [1.29, 1.82) is 0 Å². The average molecular weight is 555 g/mol. The van der Waals surface area contributed by atoms with Crippen molar-refractivity contribution < 1.29 is 28.6 Å². The summed E-state index contributed by atoms with van der Waals surface area (Å²) < 4.78 is 16.4. The summed E-state index contributed by atoms with van der Waals surface area (Å²) in [5.74, 6) is 1.26.